The van der Waals surface area contributed by atoms with E-state index in [-0.39, 0.29) is 18.1 Å². The molecule has 3 rings (SSSR count). The molecule has 0 saturated heterocycles. The van der Waals surface area contributed by atoms with Gasteiger partial charge < -0.3 is 11.1 Å². The number of benzene rings is 2. The number of nitrogens with zero attached hydrogens (tertiary/aromatic N) is 2. The standard InChI is InChI=1S/C29H36N4O2/c1-18(2)12-28(31)29(15-19(3)30)26-10-8-22(20(4)32-16-34)13-24(26)6-7-25-14-23(9-11-27(25)29)21(5)33-17-35/h8-11,13-14,18-21,31H,6-7,12,15,30H2,1-5H3/t19-,20?,21?,29?/m1/s1. The molecule has 184 valence electrons. The Hall–Kier alpha value is -3.17. The van der Waals surface area contributed by atoms with Crippen molar-refractivity contribution in [3.8, 4) is 0 Å². The van der Waals surface area contributed by atoms with Crippen LogP contribution < -0.4 is 5.73 Å². The molecule has 2 aromatic carbocycles. The molecule has 0 radical (unpaired) electrons. The van der Waals surface area contributed by atoms with Crippen molar-refractivity contribution < 1.29 is 9.59 Å². The summed E-state index contributed by atoms with van der Waals surface area (Å²) in [4.78, 5) is 29.5. The molecule has 35 heavy (non-hydrogen) atoms. The first-order chi connectivity index (χ1) is 16.6. The van der Waals surface area contributed by atoms with E-state index in [1.54, 1.807) is 12.2 Å². The maximum absolute atomic E-state index is 10.9. The lowest BCUT2D eigenvalue weighted by Gasteiger charge is -2.39. The fourth-order valence-electron chi connectivity index (χ4n) is 5.45. The molecule has 3 N–H and O–H groups in total. The predicted molar refractivity (Wildman–Crippen MR) is 140 cm³/mol. The molecule has 0 saturated carbocycles. The number of rotatable bonds is 9. The Morgan fingerprint density at radius 3 is 1.74 bits per heavy atom. The Balaban J connectivity index is 2.33. The minimum Gasteiger partial charge on any atom is -0.328 e. The van der Waals surface area contributed by atoms with Gasteiger partial charge in [-0.25, -0.2) is 9.59 Å². The first-order valence-corrected chi connectivity index (χ1v) is 12.4. The van der Waals surface area contributed by atoms with E-state index in [9.17, 15) is 15.0 Å². The molecule has 3 atom stereocenters. The summed E-state index contributed by atoms with van der Waals surface area (Å²) in [6, 6.07) is 11.8. The number of hydrogen-bond donors (Lipinski definition) is 2. The minimum absolute atomic E-state index is 0.127. The van der Waals surface area contributed by atoms with Gasteiger partial charge in [-0.2, -0.15) is 9.98 Å². The van der Waals surface area contributed by atoms with Gasteiger partial charge in [-0.3, -0.25) is 0 Å². The van der Waals surface area contributed by atoms with Crippen LogP contribution in [0.5, 0.6) is 0 Å². The van der Waals surface area contributed by atoms with Crippen molar-refractivity contribution in [2.45, 2.75) is 83.8 Å². The Bertz CT molecular complexity index is 1110. The Morgan fingerprint density at radius 2 is 1.37 bits per heavy atom. The van der Waals surface area contributed by atoms with Gasteiger partial charge in [0.2, 0.25) is 12.2 Å². The average Bonchev–Trinajstić information content (AvgIpc) is 2.93. The van der Waals surface area contributed by atoms with Gasteiger partial charge in [0.15, 0.2) is 0 Å². The number of fused-ring (bicyclic) bond motifs is 2. The zero-order chi connectivity index (χ0) is 25.8. The van der Waals surface area contributed by atoms with E-state index < -0.39 is 5.41 Å². The van der Waals surface area contributed by atoms with Crippen LogP contribution in [0.25, 0.3) is 0 Å². The third-order valence-corrected chi connectivity index (χ3v) is 7.06. The van der Waals surface area contributed by atoms with Gasteiger partial charge in [-0.15, -0.1) is 0 Å². The summed E-state index contributed by atoms with van der Waals surface area (Å²) >= 11 is 0. The second kappa shape index (κ2) is 11.0. The number of nitrogens with two attached hydrogens (primary N) is 1. The van der Waals surface area contributed by atoms with Crippen LogP contribution in [0.1, 0.15) is 92.9 Å². The highest BCUT2D eigenvalue weighted by Crippen LogP contribution is 2.46. The molecule has 6 heteroatoms. The molecule has 1 aliphatic rings. The lowest BCUT2D eigenvalue weighted by molar-refractivity contribution is 0.518. The molecule has 0 aromatic heterocycles. The van der Waals surface area contributed by atoms with Gasteiger partial charge in [-0.05, 0) is 85.8 Å². The zero-order valence-electron chi connectivity index (χ0n) is 21.4. The van der Waals surface area contributed by atoms with Crippen molar-refractivity contribution >= 4 is 17.9 Å². The number of nitrogens with one attached hydrogen (secondary N) is 1. The van der Waals surface area contributed by atoms with Crippen LogP contribution in [-0.4, -0.2) is 23.9 Å². The fourth-order valence-corrected chi connectivity index (χ4v) is 5.45. The monoisotopic (exact) mass is 472 g/mol. The van der Waals surface area contributed by atoms with Crippen LogP contribution >= 0.6 is 0 Å². The van der Waals surface area contributed by atoms with Crippen molar-refractivity contribution in [3.05, 3.63) is 69.8 Å². The fraction of sp³-hybridized carbons (Fsp3) is 0.483. The van der Waals surface area contributed by atoms with Crippen molar-refractivity contribution in [2.24, 2.45) is 21.6 Å². The SMILES string of the molecule is CC(C)CC(=N)C1(C[C@@H](C)N)c2ccc(C(C)N=C=O)cc2CCc2cc(C(C)N=C=O)ccc21. The Morgan fingerprint density at radius 1 is 0.914 bits per heavy atom. The van der Waals surface area contributed by atoms with Gasteiger partial charge >= 0.3 is 0 Å². The average molecular weight is 473 g/mol. The van der Waals surface area contributed by atoms with Crippen LogP contribution in [-0.2, 0) is 27.8 Å². The van der Waals surface area contributed by atoms with E-state index >= 15 is 0 Å². The summed E-state index contributed by atoms with van der Waals surface area (Å²) in [6.45, 7) is 10.0. The summed E-state index contributed by atoms with van der Waals surface area (Å²) in [5.74, 6) is 0.324. The molecule has 1 aliphatic carbocycles. The van der Waals surface area contributed by atoms with Gasteiger partial charge in [0, 0.05) is 11.8 Å². The van der Waals surface area contributed by atoms with E-state index in [0.29, 0.717) is 24.5 Å². The van der Waals surface area contributed by atoms with E-state index in [0.717, 1.165) is 46.2 Å². The molecule has 0 heterocycles. The minimum atomic E-state index is -0.662. The maximum atomic E-state index is 10.9. The summed E-state index contributed by atoms with van der Waals surface area (Å²) in [6.07, 6.45) is 6.19. The van der Waals surface area contributed by atoms with Crippen LogP contribution in [0.3, 0.4) is 0 Å². The summed E-state index contributed by atoms with van der Waals surface area (Å²) in [5, 5.41) is 9.43. The third-order valence-electron chi connectivity index (χ3n) is 7.06. The highest BCUT2D eigenvalue weighted by Gasteiger charge is 2.43. The first kappa shape index (κ1) is 26.4. The van der Waals surface area contributed by atoms with Crippen molar-refractivity contribution in [1.82, 2.24) is 0 Å². The van der Waals surface area contributed by atoms with Crippen LogP contribution in [0.4, 0.5) is 0 Å². The molecule has 2 aromatic rings. The first-order valence-electron chi connectivity index (χ1n) is 12.4. The van der Waals surface area contributed by atoms with Crippen LogP contribution in [0, 0.1) is 11.3 Å². The lowest BCUT2D eigenvalue weighted by atomic mass is 9.64. The molecule has 6 nitrogen and oxygen atoms in total. The van der Waals surface area contributed by atoms with Gasteiger partial charge in [-0.1, -0.05) is 50.2 Å². The molecule has 0 amide bonds. The number of aryl methyl sites for hydroxylation is 2. The van der Waals surface area contributed by atoms with Crippen molar-refractivity contribution in [2.75, 3.05) is 0 Å². The Labute approximate surface area is 208 Å². The smallest absolute Gasteiger partial charge is 0.235 e. The molecular weight excluding hydrogens is 436 g/mol. The molecule has 0 fully saturated rings. The lowest BCUT2D eigenvalue weighted by Crippen LogP contribution is -2.43. The topological polar surface area (TPSA) is 109 Å². The normalized spacial score (nSPS) is 19.3. The second-order valence-corrected chi connectivity index (χ2v) is 10.3. The Kier molecular flexibility index (Phi) is 8.34. The van der Waals surface area contributed by atoms with E-state index in [2.05, 4.69) is 48.1 Å². The highest BCUT2D eigenvalue weighted by molar-refractivity contribution is 5.97. The molecule has 0 aliphatic heterocycles. The molecular formula is C29H36N4O2. The number of carbonyl (C=O) groups excluding carboxylic acids is 2. The number of hydrogen-bond acceptors (Lipinski definition) is 6. The van der Waals surface area contributed by atoms with Crippen molar-refractivity contribution in [1.29, 1.82) is 5.41 Å². The number of isocyanates is 2. The van der Waals surface area contributed by atoms with E-state index in [1.807, 2.05) is 32.9 Å². The van der Waals surface area contributed by atoms with Crippen LogP contribution in [0.15, 0.2) is 46.4 Å². The molecule has 0 spiro atoms. The quantitative estimate of drug-likeness (QED) is 0.362. The number of aliphatic imine (C=N–C) groups is 2. The largest absolute Gasteiger partial charge is 0.328 e. The molecule has 2 unspecified atom stereocenters. The maximum Gasteiger partial charge on any atom is 0.235 e. The summed E-state index contributed by atoms with van der Waals surface area (Å²) < 4.78 is 0. The van der Waals surface area contributed by atoms with Gasteiger partial charge in [0.25, 0.3) is 0 Å². The zero-order valence-corrected chi connectivity index (χ0v) is 21.4. The summed E-state index contributed by atoms with van der Waals surface area (Å²) in [5.41, 5.74) is 12.9. The van der Waals surface area contributed by atoms with E-state index in [4.69, 9.17) is 5.73 Å². The molecule has 0 bridgehead atoms. The highest BCUT2D eigenvalue weighted by atomic mass is 16.1. The second-order valence-electron chi connectivity index (χ2n) is 10.3. The predicted octanol–water partition coefficient (Wildman–Crippen LogP) is 5.67. The van der Waals surface area contributed by atoms with Gasteiger partial charge in [0.1, 0.15) is 0 Å². The van der Waals surface area contributed by atoms with E-state index in [1.165, 1.54) is 0 Å². The van der Waals surface area contributed by atoms with Crippen molar-refractivity contribution in [3.63, 3.8) is 0 Å². The summed E-state index contributed by atoms with van der Waals surface area (Å²) in [7, 11) is 0. The third kappa shape index (κ3) is 5.41. The van der Waals surface area contributed by atoms with Gasteiger partial charge in [0.05, 0.1) is 17.5 Å². The van der Waals surface area contributed by atoms with Crippen LogP contribution in [0.2, 0.25) is 0 Å².